The summed E-state index contributed by atoms with van der Waals surface area (Å²) in [6, 6.07) is 70.2. The van der Waals surface area contributed by atoms with Crippen LogP contribution in [0.15, 0.2) is 206 Å². The van der Waals surface area contributed by atoms with E-state index in [0.717, 1.165) is 80.7 Å². The van der Waals surface area contributed by atoms with Gasteiger partial charge in [-0.25, -0.2) is 4.79 Å². The van der Waals surface area contributed by atoms with Crippen LogP contribution in [0.4, 0.5) is 34.1 Å². The van der Waals surface area contributed by atoms with Crippen molar-refractivity contribution in [1.29, 1.82) is 0 Å². The van der Waals surface area contributed by atoms with Crippen molar-refractivity contribution in [2.75, 3.05) is 30.1 Å². The molecule has 0 saturated carbocycles. The Bertz CT molecular complexity index is 2640. The fourth-order valence-electron chi connectivity index (χ4n) is 7.91. The number of anilines is 6. The standard InChI is InChI=1S/C28H27NO.C27H23NO2.C4H8O.CH3.BrH.Mg/c1-21-14-19-27(28(2,3)30)26(20-21)22-15-17-25(18-16-22)29(23-10-6-4-7-11-23)24-12-8-5-9-13-24;1-20-13-18-25(27(29)30-2)26(19-20)21-14-16-24(17-15-21)28(22-9-5-3-6-10-22)23-11-7-4-8-12-23;1-2-4-5-3-1;;;/h4-20,30H,1-3H3;3-19H,1-2H3;1-4H2;1H3;1H;/q;;;-1;;+2/p-1. The van der Waals surface area contributed by atoms with Gasteiger partial charge in [-0.05, 0) is 147 Å². The number of esters is 1. The molecule has 1 heterocycles. The van der Waals surface area contributed by atoms with Gasteiger partial charge in [-0.15, -0.1) is 0 Å². The van der Waals surface area contributed by atoms with Crippen molar-refractivity contribution in [3.63, 3.8) is 0 Å². The smallest absolute Gasteiger partial charge is 1.00 e. The Kier molecular flexibility index (Phi) is 21.3. The van der Waals surface area contributed by atoms with Gasteiger partial charge in [-0.1, -0.05) is 139 Å². The number of ether oxygens (including phenoxy) is 2. The van der Waals surface area contributed by atoms with Crippen molar-refractivity contribution in [3.05, 3.63) is 236 Å². The Morgan fingerprint density at radius 1 is 0.515 bits per heavy atom. The summed E-state index contributed by atoms with van der Waals surface area (Å²) < 4.78 is 9.91. The number of benzene rings is 8. The molecule has 0 unspecified atom stereocenters. The summed E-state index contributed by atoms with van der Waals surface area (Å²) in [5, 5.41) is 10.7. The molecule has 8 heteroatoms. The third-order valence-corrected chi connectivity index (χ3v) is 11.2. The average molecular weight is 978 g/mol. The van der Waals surface area contributed by atoms with Crippen LogP contribution in [0.3, 0.4) is 0 Å². The van der Waals surface area contributed by atoms with Crippen LogP contribution in [0.1, 0.15) is 53.7 Å². The molecule has 1 saturated heterocycles. The largest absolute Gasteiger partial charge is 2.00 e. The SMILES string of the molecule is C1CCOC1.COC(=O)c1ccc(C)cc1-c1ccc(N(c2ccccc2)c2ccccc2)cc1.Cc1ccc(C(C)(C)O)c(-c2ccc(N(c3ccccc3)c3ccccc3)cc2)c1.[Br-].[CH3-].[Mg+2]. The molecule has 344 valence electrons. The van der Waals surface area contributed by atoms with E-state index < -0.39 is 5.60 Å². The molecule has 6 nitrogen and oxygen atoms in total. The van der Waals surface area contributed by atoms with E-state index in [4.69, 9.17) is 9.47 Å². The third kappa shape index (κ3) is 14.3. The Balaban J connectivity index is 0.000000258. The number of carbonyl (C=O) groups is 1. The fraction of sp³-hybridized carbons (Fsp3) is 0.167. The van der Waals surface area contributed by atoms with Crippen LogP contribution in [0.5, 0.6) is 0 Å². The van der Waals surface area contributed by atoms with Gasteiger partial charge in [0.25, 0.3) is 0 Å². The number of halogens is 1. The van der Waals surface area contributed by atoms with E-state index in [-0.39, 0.29) is 53.4 Å². The topological polar surface area (TPSA) is 62.2 Å². The van der Waals surface area contributed by atoms with Gasteiger partial charge >= 0.3 is 29.0 Å². The molecule has 68 heavy (non-hydrogen) atoms. The molecule has 1 N–H and O–H groups in total. The second kappa shape index (κ2) is 26.5. The second-order valence-electron chi connectivity index (χ2n) is 16.6. The number of methoxy groups -OCH3 is 1. The molecule has 1 aliphatic rings. The molecule has 8 aromatic rings. The maximum atomic E-state index is 12.2. The molecule has 8 aromatic carbocycles. The van der Waals surface area contributed by atoms with Crippen LogP contribution in [0.2, 0.25) is 0 Å². The van der Waals surface area contributed by atoms with E-state index in [1.165, 1.54) is 25.5 Å². The van der Waals surface area contributed by atoms with Crippen LogP contribution in [-0.4, -0.2) is 54.5 Å². The summed E-state index contributed by atoms with van der Waals surface area (Å²) in [5.74, 6) is -0.329. The summed E-state index contributed by atoms with van der Waals surface area (Å²) >= 11 is 0. The van der Waals surface area contributed by atoms with E-state index in [1.54, 1.807) is 0 Å². The van der Waals surface area contributed by atoms with Gasteiger partial charge in [-0.3, -0.25) is 0 Å². The third-order valence-electron chi connectivity index (χ3n) is 11.2. The minimum Gasteiger partial charge on any atom is -1.00 e. The zero-order chi connectivity index (χ0) is 45.6. The quantitative estimate of drug-likeness (QED) is 0.0837. The summed E-state index contributed by atoms with van der Waals surface area (Å²) in [4.78, 5) is 16.7. The molecule has 0 atom stereocenters. The van der Waals surface area contributed by atoms with Crippen molar-refractivity contribution >= 4 is 63.1 Å². The number of carbonyl (C=O) groups excluding carboxylic acids is 1. The number of hydrogen-bond acceptors (Lipinski definition) is 6. The summed E-state index contributed by atoms with van der Waals surface area (Å²) in [7, 11) is 1.41. The van der Waals surface area contributed by atoms with Gasteiger partial charge in [-0.2, -0.15) is 0 Å². The average Bonchev–Trinajstić information content (AvgIpc) is 3.94. The molecule has 0 aromatic heterocycles. The van der Waals surface area contributed by atoms with E-state index in [0.29, 0.717) is 5.56 Å². The maximum Gasteiger partial charge on any atom is 2.00 e. The molecule has 0 bridgehead atoms. The van der Waals surface area contributed by atoms with Crippen molar-refractivity contribution in [1.82, 2.24) is 0 Å². The van der Waals surface area contributed by atoms with Gasteiger partial charge in [0.05, 0.1) is 18.3 Å². The van der Waals surface area contributed by atoms with E-state index in [1.807, 2.05) is 93.6 Å². The number of para-hydroxylation sites is 4. The number of aliphatic hydroxyl groups is 1. The van der Waals surface area contributed by atoms with Crippen LogP contribution < -0.4 is 26.8 Å². The normalized spacial score (nSPS) is 11.4. The molecule has 1 aliphatic heterocycles. The zero-order valence-electron chi connectivity index (χ0n) is 40.1. The van der Waals surface area contributed by atoms with Gasteiger partial charge in [0.1, 0.15) is 0 Å². The number of rotatable bonds is 10. The first kappa shape index (κ1) is 54.6. The van der Waals surface area contributed by atoms with Crippen molar-refractivity contribution < 1.29 is 36.4 Å². The van der Waals surface area contributed by atoms with Crippen molar-refractivity contribution in [3.8, 4) is 22.3 Å². The van der Waals surface area contributed by atoms with Crippen LogP contribution >= 0.6 is 0 Å². The molecular formula is C60H61BrMgN2O4. The van der Waals surface area contributed by atoms with Crippen molar-refractivity contribution in [2.24, 2.45) is 0 Å². The molecule has 0 spiro atoms. The molecule has 0 amide bonds. The van der Waals surface area contributed by atoms with Crippen LogP contribution in [-0.2, 0) is 15.1 Å². The van der Waals surface area contributed by atoms with Gasteiger partial charge in [0, 0.05) is 47.3 Å². The zero-order valence-corrected chi connectivity index (χ0v) is 43.1. The minimum atomic E-state index is -0.901. The Morgan fingerprint density at radius 3 is 1.19 bits per heavy atom. The molecule has 1 fully saturated rings. The van der Waals surface area contributed by atoms with Crippen molar-refractivity contribution in [2.45, 2.75) is 46.1 Å². The molecule has 9 rings (SSSR count). The van der Waals surface area contributed by atoms with Crippen LogP contribution in [0, 0.1) is 21.3 Å². The maximum absolute atomic E-state index is 12.2. The van der Waals surface area contributed by atoms with Gasteiger partial charge < -0.3 is 48.8 Å². The van der Waals surface area contributed by atoms with E-state index in [2.05, 4.69) is 150 Å². The molecule has 0 aliphatic carbocycles. The van der Waals surface area contributed by atoms with Gasteiger partial charge in [0.15, 0.2) is 0 Å². The van der Waals surface area contributed by atoms with E-state index >= 15 is 0 Å². The first-order valence-corrected chi connectivity index (χ1v) is 22.2. The summed E-state index contributed by atoms with van der Waals surface area (Å²) in [5.41, 5.74) is 13.4. The Hall–Kier alpha value is -6.00. The molecule has 0 radical (unpaired) electrons. The summed E-state index contributed by atoms with van der Waals surface area (Å²) in [6.45, 7) is 9.77. The van der Waals surface area contributed by atoms with Crippen LogP contribution in [0.25, 0.3) is 22.3 Å². The first-order chi connectivity index (χ1) is 31.6. The number of aryl methyl sites for hydroxylation is 2. The predicted molar refractivity (Wildman–Crippen MR) is 281 cm³/mol. The predicted octanol–water partition coefficient (Wildman–Crippen LogP) is 12.1. The minimum absolute atomic E-state index is 0. The number of nitrogens with zero attached hydrogens (tertiary/aromatic N) is 2. The summed E-state index contributed by atoms with van der Waals surface area (Å²) in [6.07, 6.45) is 2.56. The fourth-order valence-corrected chi connectivity index (χ4v) is 7.91. The van der Waals surface area contributed by atoms with Gasteiger partial charge in [0.2, 0.25) is 0 Å². The van der Waals surface area contributed by atoms with E-state index in [9.17, 15) is 9.90 Å². The monoisotopic (exact) mass is 976 g/mol. The first-order valence-electron chi connectivity index (χ1n) is 22.2. The Labute approximate surface area is 431 Å². The second-order valence-corrected chi connectivity index (χ2v) is 16.6. The Morgan fingerprint density at radius 2 is 0.853 bits per heavy atom. The number of hydrogen-bond donors (Lipinski definition) is 1. The molecular weight excluding hydrogens is 917 g/mol.